The quantitative estimate of drug-likeness (QED) is 0.712. The lowest BCUT2D eigenvalue weighted by Gasteiger charge is -2.18. The van der Waals surface area contributed by atoms with Gasteiger partial charge in [0, 0.05) is 6.04 Å². The third kappa shape index (κ3) is 2.92. The topological polar surface area (TPSA) is 17.8 Å². The van der Waals surface area contributed by atoms with Crippen LogP contribution in [0, 0.1) is 11.7 Å². The van der Waals surface area contributed by atoms with Crippen LogP contribution in [0.4, 0.5) is 4.39 Å². The summed E-state index contributed by atoms with van der Waals surface area (Å²) in [5.41, 5.74) is 1.27. The maximum Gasteiger partial charge on any atom is 0.151 e. The first kappa shape index (κ1) is 14.3. The Kier molecular flexibility index (Phi) is 4.46. The van der Waals surface area contributed by atoms with Gasteiger partial charge in [0.15, 0.2) is 5.82 Å². The molecule has 1 unspecified atom stereocenters. The molecule has 4 heteroatoms. The Labute approximate surface area is 118 Å². The molecule has 0 saturated carbocycles. The molecule has 1 aromatic heterocycles. The second-order valence-corrected chi connectivity index (χ2v) is 5.73. The van der Waals surface area contributed by atoms with Gasteiger partial charge in [0.1, 0.15) is 11.3 Å². The smallest absolute Gasteiger partial charge is 0.151 e. The third-order valence-corrected chi connectivity index (χ3v) is 3.71. The predicted molar refractivity (Wildman–Crippen MR) is 78.0 cm³/mol. The number of alkyl halides is 1. The van der Waals surface area contributed by atoms with E-state index < -0.39 is 0 Å². The molecule has 0 radical (unpaired) electrons. The van der Waals surface area contributed by atoms with E-state index in [0.717, 1.165) is 24.2 Å². The summed E-state index contributed by atoms with van der Waals surface area (Å²) >= 11 is 5.96. The van der Waals surface area contributed by atoms with Gasteiger partial charge in [0.25, 0.3) is 0 Å². The minimum atomic E-state index is -0.279. The minimum absolute atomic E-state index is 0.279. The van der Waals surface area contributed by atoms with Crippen LogP contribution in [-0.2, 0) is 5.88 Å². The Morgan fingerprint density at radius 2 is 2.00 bits per heavy atom. The van der Waals surface area contributed by atoms with Crippen molar-refractivity contribution in [2.24, 2.45) is 5.92 Å². The van der Waals surface area contributed by atoms with Crippen molar-refractivity contribution in [1.29, 1.82) is 0 Å². The summed E-state index contributed by atoms with van der Waals surface area (Å²) in [6.45, 7) is 6.56. The number of aromatic nitrogens is 2. The molecule has 0 amide bonds. The molecule has 1 aromatic carbocycles. The van der Waals surface area contributed by atoms with Gasteiger partial charge in [-0.05, 0) is 37.8 Å². The first-order chi connectivity index (χ1) is 9.04. The van der Waals surface area contributed by atoms with Gasteiger partial charge in [-0.15, -0.1) is 11.6 Å². The highest BCUT2D eigenvalue weighted by molar-refractivity contribution is 6.16. The number of hydrogen-bond donors (Lipinski definition) is 0. The number of imidazole rings is 1. The van der Waals surface area contributed by atoms with Crippen LogP contribution in [0.25, 0.3) is 11.0 Å². The van der Waals surface area contributed by atoms with Crippen LogP contribution in [0.2, 0.25) is 0 Å². The number of benzene rings is 1. The highest BCUT2D eigenvalue weighted by Crippen LogP contribution is 2.27. The Bertz CT molecular complexity index is 563. The largest absolute Gasteiger partial charge is 0.324 e. The summed E-state index contributed by atoms with van der Waals surface area (Å²) in [6, 6.07) is 5.36. The molecule has 0 fully saturated rings. The highest BCUT2D eigenvalue weighted by Gasteiger charge is 2.17. The third-order valence-electron chi connectivity index (χ3n) is 3.47. The van der Waals surface area contributed by atoms with E-state index in [1.807, 2.05) is 6.07 Å². The lowest BCUT2D eigenvalue weighted by atomic mass is 10.0. The fourth-order valence-electron chi connectivity index (χ4n) is 2.42. The summed E-state index contributed by atoms with van der Waals surface area (Å²) < 4.78 is 15.9. The van der Waals surface area contributed by atoms with E-state index in [4.69, 9.17) is 11.6 Å². The van der Waals surface area contributed by atoms with Gasteiger partial charge in [-0.3, -0.25) is 0 Å². The Hall–Kier alpha value is -1.09. The summed E-state index contributed by atoms with van der Waals surface area (Å²) in [5, 5.41) is 0. The van der Waals surface area contributed by atoms with E-state index in [0.29, 0.717) is 17.3 Å². The summed E-state index contributed by atoms with van der Waals surface area (Å²) in [7, 11) is 0. The molecular weight excluding hydrogens is 263 g/mol. The Balaban J connectivity index is 2.42. The Morgan fingerprint density at radius 1 is 1.26 bits per heavy atom. The lowest BCUT2D eigenvalue weighted by molar-refractivity contribution is 0.440. The lowest BCUT2D eigenvalue weighted by Crippen LogP contribution is -2.09. The van der Waals surface area contributed by atoms with Crippen molar-refractivity contribution >= 4 is 22.6 Å². The molecule has 0 aliphatic rings. The molecule has 0 N–H and O–H groups in total. The Morgan fingerprint density at radius 3 is 2.63 bits per heavy atom. The molecule has 0 saturated heterocycles. The maximum atomic E-state index is 13.8. The average Bonchev–Trinajstić information content (AvgIpc) is 2.76. The van der Waals surface area contributed by atoms with Crippen LogP contribution in [0.1, 0.15) is 45.5 Å². The second kappa shape index (κ2) is 5.91. The number of fused-ring (bicyclic) bond motifs is 1. The van der Waals surface area contributed by atoms with Gasteiger partial charge in [-0.2, -0.15) is 0 Å². The number of nitrogens with zero attached hydrogens (tertiary/aromatic N) is 2. The van der Waals surface area contributed by atoms with Gasteiger partial charge in [-0.1, -0.05) is 19.9 Å². The van der Waals surface area contributed by atoms with Crippen molar-refractivity contribution in [3.05, 3.63) is 29.8 Å². The number of para-hydroxylation sites is 1. The number of rotatable bonds is 5. The first-order valence-corrected chi connectivity index (χ1v) is 7.29. The van der Waals surface area contributed by atoms with E-state index >= 15 is 0 Å². The predicted octanol–water partition coefficient (Wildman–Crippen LogP) is 4.91. The van der Waals surface area contributed by atoms with Crippen LogP contribution >= 0.6 is 11.6 Å². The molecule has 2 rings (SSSR count). The van der Waals surface area contributed by atoms with E-state index in [1.54, 1.807) is 6.07 Å². The zero-order valence-electron chi connectivity index (χ0n) is 11.7. The van der Waals surface area contributed by atoms with Crippen molar-refractivity contribution in [3.63, 3.8) is 0 Å². The molecule has 2 aromatic rings. The van der Waals surface area contributed by atoms with Crippen LogP contribution < -0.4 is 0 Å². The van der Waals surface area contributed by atoms with Crippen molar-refractivity contribution in [3.8, 4) is 0 Å². The molecule has 0 spiro atoms. The SMILES string of the molecule is CC(C)CCC(C)n1c(CCl)nc2c(F)cccc21. The molecule has 0 bridgehead atoms. The van der Waals surface area contributed by atoms with Crippen molar-refractivity contribution in [1.82, 2.24) is 9.55 Å². The molecular formula is C15H20ClFN2. The minimum Gasteiger partial charge on any atom is -0.324 e. The van der Waals surface area contributed by atoms with Crippen LogP contribution in [0.5, 0.6) is 0 Å². The number of halogens is 2. The van der Waals surface area contributed by atoms with Crippen LogP contribution in [0.15, 0.2) is 18.2 Å². The standard InChI is InChI=1S/C15H20ClFN2/c1-10(2)7-8-11(3)19-13-6-4-5-12(17)15(13)18-14(19)9-16/h4-6,10-11H,7-9H2,1-3H3. The van der Waals surface area contributed by atoms with E-state index in [1.165, 1.54) is 6.07 Å². The van der Waals surface area contributed by atoms with Gasteiger partial charge in [0.05, 0.1) is 11.4 Å². The first-order valence-electron chi connectivity index (χ1n) is 6.75. The van der Waals surface area contributed by atoms with Crippen LogP contribution in [0.3, 0.4) is 0 Å². The zero-order valence-corrected chi connectivity index (χ0v) is 12.4. The second-order valence-electron chi connectivity index (χ2n) is 5.46. The van der Waals surface area contributed by atoms with E-state index in [9.17, 15) is 4.39 Å². The molecule has 2 nitrogen and oxygen atoms in total. The molecule has 0 aliphatic carbocycles. The van der Waals surface area contributed by atoms with Gasteiger partial charge in [0.2, 0.25) is 0 Å². The molecule has 104 valence electrons. The summed E-state index contributed by atoms with van der Waals surface area (Å²) in [4.78, 5) is 4.33. The molecule has 1 atom stereocenters. The fourth-order valence-corrected chi connectivity index (χ4v) is 2.61. The van der Waals surface area contributed by atoms with Crippen LogP contribution in [-0.4, -0.2) is 9.55 Å². The maximum absolute atomic E-state index is 13.8. The van der Waals surface area contributed by atoms with E-state index in [2.05, 4.69) is 30.3 Å². The van der Waals surface area contributed by atoms with E-state index in [-0.39, 0.29) is 11.9 Å². The highest BCUT2D eigenvalue weighted by atomic mass is 35.5. The summed E-state index contributed by atoms with van der Waals surface area (Å²) in [6.07, 6.45) is 2.18. The monoisotopic (exact) mass is 282 g/mol. The summed E-state index contributed by atoms with van der Waals surface area (Å²) in [5.74, 6) is 1.44. The molecule has 1 heterocycles. The van der Waals surface area contributed by atoms with Gasteiger partial charge in [-0.25, -0.2) is 9.37 Å². The normalized spacial score (nSPS) is 13.4. The zero-order chi connectivity index (χ0) is 14.0. The van der Waals surface area contributed by atoms with Crippen molar-refractivity contribution in [2.45, 2.75) is 45.5 Å². The molecule has 0 aliphatic heterocycles. The van der Waals surface area contributed by atoms with Crippen molar-refractivity contribution in [2.75, 3.05) is 0 Å². The number of hydrogen-bond acceptors (Lipinski definition) is 1. The average molecular weight is 283 g/mol. The fraction of sp³-hybridized carbons (Fsp3) is 0.533. The van der Waals surface area contributed by atoms with Crippen molar-refractivity contribution < 1.29 is 4.39 Å². The van der Waals surface area contributed by atoms with Gasteiger partial charge >= 0.3 is 0 Å². The molecule has 19 heavy (non-hydrogen) atoms. The van der Waals surface area contributed by atoms with Gasteiger partial charge < -0.3 is 4.57 Å².